The Morgan fingerprint density at radius 2 is 2.00 bits per heavy atom. The molecule has 0 aromatic rings. The minimum Gasteiger partial charge on any atom is -0.355 e. The van der Waals surface area contributed by atoms with Crippen LogP contribution in [0.15, 0.2) is 0 Å². The summed E-state index contributed by atoms with van der Waals surface area (Å²) in [6, 6.07) is 0.398. The molecule has 4 heteroatoms. The molecule has 0 aliphatic heterocycles. The lowest BCUT2D eigenvalue weighted by molar-refractivity contribution is -0.120. The summed E-state index contributed by atoms with van der Waals surface area (Å²) in [5, 5.41) is 6.05. The zero-order chi connectivity index (χ0) is 11.0. The number of hydrogen-bond acceptors (Lipinski definition) is 3. The third-order valence-corrected chi connectivity index (χ3v) is 2.57. The Bertz CT molecular complexity index is 162. The Labute approximate surface area is 91.4 Å². The fourth-order valence-electron chi connectivity index (χ4n) is 0.956. The van der Waals surface area contributed by atoms with Crippen LogP contribution in [-0.2, 0) is 4.79 Å². The molecular formula is C10H22N2OS. The first kappa shape index (κ1) is 13.8. The van der Waals surface area contributed by atoms with E-state index in [1.54, 1.807) is 11.8 Å². The van der Waals surface area contributed by atoms with Gasteiger partial charge in [0.25, 0.3) is 0 Å². The van der Waals surface area contributed by atoms with Gasteiger partial charge in [0.15, 0.2) is 0 Å². The van der Waals surface area contributed by atoms with E-state index in [0.29, 0.717) is 18.5 Å². The van der Waals surface area contributed by atoms with Crippen LogP contribution in [0.4, 0.5) is 0 Å². The van der Waals surface area contributed by atoms with Crippen LogP contribution in [0.1, 0.15) is 20.8 Å². The Hall–Kier alpha value is -0.220. The van der Waals surface area contributed by atoms with E-state index in [1.165, 1.54) is 0 Å². The number of amides is 1. The number of rotatable bonds is 7. The van der Waals surface area contributed by atoms with Gasteiger partial charge in [0.1, 0.15) is 0 Å². The van der Waals surface area contributed by atoms with Crippen molar-refractivity contribution in [1.82, 2.24) is 10.6 Å². The van der Waals surface area contributed by atoms with E-state index in [1.807, 2.05) is 0 Å². The summed E-state index contributed by atoms with van der Waals surface area (Å²) in [6.45, 7) is 7.45. The maximum atomic E-state index is 11.3. The van der Waals surface area contributed by atoms with Crippen molar-refractivity contribution in [3.8, 4) is 0 Å². The molecule has 3 nitrogen and oxygen atoms in total. The van der Waals surface area contributed by atoms with Crippen LogP contribution in [0.5, 0.6) is 0 Å². The van der Waals surface area contributed by atoms with E-state index in [-0.39, 0.29) is 5.91 Å². The first-order valence-electron chi connectivity index (χ1n) is 5.05. The van der Waals surface area contributed by atoms with Gasteiger partial charge in [-0.05, 0) is 19.1 Å². The second-order valence-corrected chi connectivity index (χ2v) is 4.85. The first-order valence-corrected chi connectivity index (χ1v) is 6.44. The van der Waals surface area contributed by atoms with Crippen LogP contribution in [0.2, 0.25) is 0 Å². The van der Waals surface area contributed by atoms with Crippen LogP contribution < -0.4 is 10.6 Å². The van der Waals surface area contributed by atoms with Crippen molar-refractivity contribution in [2.45, 2.75) is 26.8 Å². The minimum absolute atomic E-state index is 0.0895. The Kier molecular flexibility index (Phi) is 7.99. The van der Waals surface area contributed by atoms with Crippen LogP contribution in [-0.4, -0.2) is 37.0 Å². The molecule has 0 aliphatic rings. The van der Waals surface area contributed by atoms with E-state index in [0.717, 1.165) is 12.3 Å². The van der Waals surface area contributed by atoms with Gasteiger partial charge in [-0.2, -0.15) is 11.8 Å². The van der Waals surface area contributed by atoms with Gasteiger partial charge in [0, 0.05) is 18.3 Å². The predicted molar refractivity (Wildman–Crippen MR) is 63.7 cm³/mol. The maximum absolute atomic E-state index is 11.3. The molecule has 0 aromatic heterocycles. The van der Waals surface area contributed by atoms with E-state index in [9.17, 15) is 4.79 Å². The molecule has 0 radical (unpaired) electrons. The predicted octanol–water partition coefficient (Wildman–Crippen LogP) is 1.10. The van der Waals surface area contributed by atoms with Crippen molar-refractivity contribution in [3.05, 3.63) is 0 Å². The quantitative estimate of drug-likeness (QED) is 0.672. The van der Waals surface area contributed by atoms with Gasteiger partial charge in [0.2, 0.25) is 5.91 Å². The van der Waals surface area contributed by atoms with Crippen LogP contribution in [0.3, 0.4) is 0 Å². The highest BCUT2D eigenvalue weighted by Gasteiger charge is 2.04. The second kappa shape index (κ2) is 8.12. The lowest BCUT2D eigenvalue weighted by atomic mass is 10.2. The molecule has 0 spiro atoms. The molecule has 0 saturated heterocycles. The van der Waals surface area contributed by atoms with E-state index >= 15 is 0 Å². The molecule has 0 aliphatic carbocycles. The van der Waals surface area contributed by atoms with Gasteiger partial charge >= 0.3 is 0 Å². The summed E-state index contributed by atoms with van der Waals surface area (Å²) >= 11 is 1.79. The minimum atomic E-state index is 0.0895. The number of carbonyl (C=O) groups is 1. The summed E-state index contributed by atoms with van der Waals surface area (Å²) in [5.74, 6) is 1.64. The number of carbonyl (C=O) groups excluding carboxylic acids is 1. The summed E-state index contributed by atoms with van der Waals surface area (Å²) in [5.41, 5.74) is 0. The van der Waals surface area contributed by atoms with Gasteiger partial charge in [0.05, 0.1) is 6.54 Å². The summed E-state index contributed by atoms with van der Waals surface area (Å²) < 4.78 is 0. The highest BCUT2D eigenvalue weighted by molar-refractivity contribution is 7.98. The molecule has 1 unspecified atom stereocenters. The Morgan fingerprint density at radius 1 is 1.36 bits per heavy atom. The van der Waals surface area contributed by atoms with Gasteiger partial charge < -0.3 is 10.6 Å². The average molecular weight is 218 g/mol. The fourth-order valence-corrected chi connectivity index (χ4v) is 1.57. The van der Waals surface area contributed by atoms with E-state index < -0.39 is 0 Å². The largest absolute Gasteiger partial charge is 0.355 e. The zero-order valence-corrected chi connectivity index (χ0v) is 10.4. The molecule has 14 heavy (non-hydrogen) atoms. The van der Waals surface area contributed by atoms with Gasteiger partial charge in [-0.15, -0.1) is 0 Å². The third kappa shape index (κ3) is 8.38. The maximum Gasteiger partial charge on any atom is 0.233 e. The molecule has 2 N–H and O–H groups in total. The van der Waals surface area contributed by atoms with Crippen molar-refractivity contribution >= 4 is 17.7 Å². The smallest absolute Gasteiger partial charge is 0.233 e. The molecule has 1 amide bonds. The van der Waals surface area contributed by atoms with Crippen molar-refractivity contribution in [1.29, 1.82) is 0 Å². The summed E-state index contributed by atoms with van der Waals surface area (Å²) in [4.78, 5) is 11.3. The van der Waals surface area contributed by atoms with Crippen LogP contribution in [0.25, 0.3) is 0 Å². The molecule has 0 saturated carbocycles. The van der Waals surface area contributed by atoms with Gasteiger partial charge in [-0.25, -0.2) is 0 Å². The second-order valence-electron chi connectivity index (χ2n) is 3.94. The molecule has 0 rings (SSSR count). The van der Waals surface area contributed by atoms with Crippen LogP contribution in [0, 0.1) is 5.92 Å². The van der Waals surface area contributed by atoms with Crippen LogP contribution >= 0.6 is 11.8 Å². The molecule has 1 atom stereocenters. The fraction of sp³-hybridized carbons (Fsp3) is 0.900. The zero-order valence-electron chi connectivity index (χ0n) is 9.59. The van der Waals surface area contributed by atoms with Crippen molar-refractivity contribution < 1.29 is 4.79 Å². The number of thioether (sulfide) groups is 1. The molecule has 84 valence electrons. The highest BCUT2D eigenvalue weighted by Crippen LogP contribution is 1.95. The lowest BCUT2D eigenvalue weighted by Gasteiger charge is -2.12. The number of hydrogen-bond donors (Lipinski definition) is 2. The average Bonchev–Trinajstić information content (AvgIpc) is 2.12. The van der Waals surface area contributed by atoms with E-state index in [2.05, 4.69) is 37.7 Å². The summed E-state index contributed by atoms with van der Waals surface area (Å²) in [7, 11) is 0. The van der Waals surface area contributed by atoms with Crippen molar-refractivity contribution in [2.24, 2.45) is 5.92 Å². The third-order valence-electron chi connectivity index (χ3n) is 1.74. The van der Waals surface area contributed by atoms with Gasteiger partial charge in [-0.3, -0.25) is 4.79 Å². The molecule has 0 heterocycles. The molecular weight excluding hydrogens is 196 g/mol. The topological polar surface area (TPSA) is 41.1 Å². The Morgan fingerprint density at radius 3 is 2.50 bits per heavy atom. The molecule has 0 bridgehead atoms. The van der Waals surface area contributed by atoms with Crippen molar-refractivity contribution in [3.63, 3.8) is 0 Å². The van der Waals surface area contributed by atoms with Gasteiger partial charge in [-0.1, -0.05) is 13.8 Å². The monoisotopic (exact) mass is 218 g/mol. The number of nitrogens with one attached hydrogen (secondary N) is 2. The molecule has 0 fully saturated rings. The Balaban J connectivity index is 3.43. The van der Waals surface area contributed by atoms with E-state index in [4.69, 9.17) is 0 Å². The first-order chi connectivity index (χ1) is 6.56. The highest BCUT2D eigenvalue weighted by atomic mass is 32.2. The van der Waals surface area contributed by atoms with Crippen molar-refractivity contribution in [2.75, 3.05) is 25.1 Å². The standard InChI is InChI=1S/C10H22N2OS/c1-8(2)5-12-10(13)6-11-9(3)7-14-4/h8-9,11H,5-7H2,1-4H3,(H,12,13). The summed E-state index contributed by atoms with van der Waals surface area (Å²) in [6.07, 6.45) is 2.07. The molecule has 0 aromatic carbocycles. The SMILES string of the molecule is CSCC(C)NCC(=O)NCC(C)C. The lowest BCUT2D eigenvalue weighted by Crippen LogP contribution is -2.40. The normalized spacial score (nSPS) is 12.9.